The molecule has 0 radical (unpaired) electrons. The standard InChI is InChI=1S/C50H35N5/c1-50(2)40-26-16-15-25-38(40)46-44(50)43-42(54(46)36-23-13-6-14-24-36)30-28-37-39-31-35(32-17-7-3-8-18-32)27-29-41(39)55(45(37)43)49-52-47(33-19-9-4-10-20-33)51-48(53-49)34-21-11-5-12-22-34/h3-31H,1-2H3. The minimum absolute atomic E-state index is 0.279. The van der Waals surface area contributed by atoms with E-state index in [2.05, 4.69) is 163 Å². The summed E-state index contributed by atoms with van der Waals surface area (Å²) in [5.74, 6) is 1.85. The maximum Gasteiger partial charge on any atom is 0.238 e. The summed E-state index contributed by atoms with van der Waals surface area (Å²) in [6.07, 6.45) is 0. The molecule has 3 heterocycles. The molecule has 0 saturated heterocycles. The van der Waals surface area contributed by atoms with Crippen LogP contribution in [0.5, 0.6) is 0 Å². The van der Waals surface area contributed by atoms with Gasteiger partial charge < -0.3 is 4.57 Å². The van der Waals surface area contributed by atoms with E-state index in [0.717, 1.165) is 49.7 Å². The second-order valence-electron chi connectivity index (χ2n) is 14.9. The Balaban J connectivity index is 1.33. The fraction of sp³-hybridized carbons (Fsp3) is 0.0600. The topological polar surface area (TPSA) is 48.5 Å². The van der Waals surface area contributed by atoms with E-state index in [9.17, 15) is 0 Å². The molecule has 3 aromatic heterocycles. The molecule has 55 heavy (non-hydrogen) atoms. The van der Waals surface area contributed by atoms with Crippen molar-refractivity contribution in [3.8, 4) is 56.8 Å². The van der Waals surface area contributed by atoms with Crippen molar-refractivity contribution in [3.05, 3.63) is 187 Å². The van der Waals surface area contributed by atoms with Crippen molar-refractivity contribution in [2.45, 2.75) is 19.3 Å². The third kappa shape index (κ3) is 4.69. The lowest BCUT2D eigenvalue weighted by molar-refractivity contribution is 0.666. The summed E-state index contributed by atoms with van der Waals surface area (Å²) in [7, 11) is 0. The van der Waals surface area contributed by atoms with Crippen molar-refractivity contribution in [2.75, 3.05) is 0 Å². The van der Waals surface area contributed by atoms with Crippen LogP contribution in [0.1, 0.15) is 25.0 Å². The van der Waals surface area contributed by atoms with Crippen LogP contribution >= 0.6 is 0 Å². The van der Waals surface area contributed by atoms with Crippen LogP contribution in [0, 0.1) is 0 Å². The first kappa shape index (κ1) is 31.4. The molecule has 0 spiro atoms. The van der Waals surface area contributed by atoms with E-state index >= 15 is 0 Å². The number of fused-ring (bicyclic) bond motifs is 9. The van der Waals surface area contributed by atoms with Crippen molar-refractivity contribution in [3.63, 3.8) is 0 Å². The van der Waals surface area contributed by atoms with Crippen molar-refractivity contribution >= 4 is 32.7 Å². The average Bonchev–Trinajstić information content (AvgIpc) is 3.86. The van der Waals surface area contributed by atoms with E-state index in [4.69, 9.17) is 15.0 Å². The van der Waals surface area contributed by atoms with Gasteiger partial charge in [-0.05, 0) is 52.6 Å². The summed E-state index contributed by atoms with van der Waals surface area (Å²) in [4.78, 5) is 15.7. The van der Waals surface area contributed by atoms with Gasteiger partial charge in [0.15, 0.2) is 11.6 Å². The number of hydrogen-bond donors (Lipinski definition) is 0. The number of aromatic nitrogens is 5. The van der Waals surface area contributed by atoms with Crippen LogP contribution in [0.2, 0.25) is 0 Å². The third-order valence-corrected chi connectivity index (χ3v) is 11.3. The number of rotatable bonds is 5. The Morgan fingerprint density at radius 1 is 0.455 bits per heavy atom. The van der Waals surface area contributed by atoms with Crippen molar-refractivity contribution in [1.29, 1.82) is 0 Å². The molecule has 1 aliphatic carbocycles. The molecule has 0 fully saturated rings. The third-order valence-electron chi connectivity index (χ3n) is 11.3. The highest BCUT2D eigenvalue weighted by molar-refractivity contribution is 6.21. The zero-order chi connectivity index (χ0) is 36.7. The molecule has 7 aromatic carbocycles. The average molecular weight is 706 g/mol. The molecule has 0 unspecified atom stereocenters. The van der Waals surface area contributed by atoms with Crippen LogP contribution in [0.15, 0.2) is 176 Å². The first-order valence-electron chi connectivity index (χ1n) is 18.8. The molecule has 5 heteroatoms. The summed E-state index contributed by atoms with van der Waals surface area (Å²) >= 11 is 0. The monoisotopic (exact) mass is 705 g/mol. The van der Waals surface area contributed by atoms with Gasteiger partial charge >= 0.3 is 0 Å². The number of nitrogens with zero attached hydrogens (tertiary/aromatic N) is 5. The van der Waals surface area contributed by atoms with Gasteiger partial charge in [0.25, 0.3) is 0 Å². The van der Waals surface area contributed by atoms with Crippen LogP contribution in [0.25, 0.3) is 89.5 Å². The zero-order valence-electron chi connectivity index (χ0n) is 30.5. The van der Waals surface area contributed by atoms with Gasteiger partial charge in [-0.2, -0.15) is 9.97 Å². The quantitative estimate of drug-likeness (QED) is 0.179. The Bertz CT molecular complexity index is 3030. The predicted molar refractivity (Wildman–Crippen MR) is 225 cm³/mol. The molecule has 5 nitrogen and oxygen atoms in total. The summed E-state index contributed by atoms with van der Waals surface area (Å²) in [5.41, 5.74) is 13.5. The molecule has 10 aromatic rings. The SMILES string of the molecule is CC1(C)c2ccccc2-c2c1c1c(ccc3c4cc(-c5ccccc5)ccc4n(-c4nc(-c5ccccc5)nc(-c5ccccc5)n4)c31)n2-c1ccccc1. The van der Waals surface area contributed by atoms with E-state index in [1.54, 1.807) is 0 Å². The predicted octanol–water partition coefficient (Wildman–Crippen LogP) is 12.2. The van der Waals surface area contributed by atoms with Crippen LogP contribution in [0.4, 0.5) is 0 Å². The Morgan fingerprint density at radius 3 is 1.67 bits per heavy atom. The molecule has 0 saturated carbocycles. The molecule has 0 N–H and O–H groups in total. The highest BCUT2D eigenvalue weighted by Gasteiger charge is 2.41. The highest BCUT2D eigenvalue weighted by atomic mass is 15.2. The smallest absolute Gasteiger partial charge is 0.238 e. The van der Waals surface area contributed by atoms with Crippen LogP contribution in [0.3, 0.4) is 0 Å². The van der Waals surface area contributed by atoms with Gasteiger partial charge in [-0.25, -0.2) is 4.98 Å². The lowest BCUT2D eigenvalue weighted by Crippen LogP contribution is -2.15. The van der Waals surface area contributed by atoms with Gasteiger partial charge in [0.05, 0.1) is 22.2 Å². The van der Waals surface area contributed by atoms with Gasteiger partial charge in [0, 0.05) is 44.0 Å². The second kappa shape index (κ2) is 12.0. The Labute approximate surface area is 318 Å². The molecule has 0 amide bonds. The van der Waals surface area contributed by atoms with Crippen LogP contribution in [-0.4, -0.2) is 24.1 Å². The van der Waals surface area contributed by atoms with Gasteiger partial charge in [-0.3, -0.25) is 4.57 Å². The molecule has 260 valence electrons. The minimum atomic E-state index is -0.279. The summed E-state index contributed by atoms with van der Waals surface area (Å²) in [6, 6.07) is 62.2. The number of hydrogen-bond acceptors (Lipinski definition) is 3. The largest absolute Gasteiger partial charge is 0.309 e. The van der Waals surface area contributed by atoms with E-state index in [1.165, 1.54) is 33.3 Å². The van der Waals surface area contributed by atoms with E-state index < -0.39 is 0 Å². The first-order chi connectivity index (χ1) is 27.1. The minimum Gasteiger partial charge on any atom is -0.309 e. The van der Waals surface area contributed by atoms with E-state index in [1.807, 2.05) is 36.4 Å². The molecule has 0 bridgehead atoms. The summed E-state index contributed by atoms with van der Waals surface area (Å²) in [5, 5.41) is 3.51. The number of benzene rings is 7. The molecular weight excluding hydrogens is 671 g/mol. The van der Waals surface area contributed by atoms with Gasteiger partial charge in [0.2, 0.25) is 5.95 Å². The first-order valence-corrected chi connectivity index (χ1v) is 18.8. The molecule has 11 rings (SSSR count). The maximum absolute atomic E-state index is 5.33. The van der Waals surface area contributed by atoms with Crippen molar-refractivity contribution in [1.82, 2.24) is 24.1 Å². The second-order valence-corrected chi connectivity index (χ2v) is 14.9. The fourth-order valence-electron chi connectivity index (χ4n) is 8.87. The molecule has 0 atom stereocenters. The van der Waals surface area contributed by atoms with Crippen molar-refractivity contribution in [2.24, 2.45) is 0 Å². The maximum atomic E-state index is 5.33. The fourth-order valence-corrected chi connectivity index (χ4v) is 8.87. The summed E-state index contributed by atoms with van der Waals surface area (Å²) < 4.78 is 4.77. The summed E-state index contributed by atoms with van der Waals surface area (Å²) in [6.45, 7) is 4.74. The van der Waals surface area contributed by atoms with Gasteiger partial charge in [0.1, 0.15) is 0 Å². The van der Waals surface area contributed by atoms with Crippen molar-refractivity contribution < 1.29 is 0 Å². The lowest BCUT2D eigenvalue weighted by atomic mass is 9.81. The highest BCUT2D eigenvalue weighted by Crippen LogP contribution is 2.55. The molecule has 0 aliphatic heterocycles. The Kier molecular flexibility index (Phi) is 6.83. The zero-order valence-corrected chi connectivity index (χ0v) is 30.5. The number of para-hydroxylation sites is 1. The van der Waals surface area contributed by atoms with Crippen LogP contribution in [-0.2, 0) is 5.41 Å². The van der Waals surface area contributed by atoms with E-state index in [-0.39, 0.29) is 5.41 Å². The Morgan fingerprint density at radius 2 is 1.02 bits per heavy atom. The van der Waals surface area contributed by atoms with Crippen LogP contribution < -0.4 is 0 Å². The lowest BCUT2D eigenvalue weighted by Gasteiger charge is -2.22. The van der Waals surface area contributed by atoms with Gasteiger partial charge in [-0.15, -0.1) is 0 Å². The molecule has 1 aliphatic rings. The van der Waals surface area contributed by atoms with E-state index in [0.29, 0.717) is 17.6 Å². The van der Waals surface area contributed by atoms with Gasteiger partial charge in [-0.1, -0.05) is 159 Å². The Hall–Kier alpha value is -7.11. The molecular formula is C50H35N5. The normalized spacial score (nSPS) is 13.1.